The molecule has 0 radical (unpaired) electrons. The number of nitrogens with zero attached hydrogens (tertiary/aromatic N) is 1. The maximum absolute atomic E-state index is 13.5. The van der Waals surface area contributed by atoms with E-state index in [4.69, 9.17) is 5.73 Å². The fourth-order valence-corrected chi connectivity index (χ4v) is 2.58. The van der Waals surface area contributed by atoms with Gasteiger partial charge in [0.1, 0.15) is 5.82 Å². The van der Waals surface area contributed by atoms with E-state index in [9.17, 15) is 9.18 Å². The summed E-state index contributed by atoms with van der Waals surface area (Å²) in [6.07, 6.45) is 1.78. The summed E-state index contributed by atoms with van der Waals surface area (Å²) in [4.78, 5) is 14.1. The fourth-order valence-electron chi connectivity index (χ4n) is 2.58. The second-order valence-electron chi connectivity index (χ2n) is 5.34. The van der Waals surface area contributed by atoms with Gasteiger partial charge in [0, 0.05) is 24.7 Å². The molecule has 1 aliphatic rings. The Kier molecular flexibility index (Phi) is 4.20. The van der Waals surface area contributed by atoms with Crippen LogP contribution in [0.15, 0.2) is 18.2 Å². The smallest absolute Gasteiger partial charge is 0.253 e. The number of likely N-dealkylation sites (tertiary alicyclic amines) is 1. The normalized spacial score (nSPS) is 23.5. The molecule has 0 aliphatic carbocycles. The van der Waals surface area contributed by atoms with Crippen LogP contribution in [0.2, 0.25) is 0 Å². The Hall–Kier alpha value is -1.42. The number of aryl methyl sites for hydroxylation is 1. The molecule has 1 fully saturated rings. The Labute approximate surface area is 113 Å². The number of rotatable bonds is 2. The third-order valence-corrected chi connectivity index (χ3v) is 4.02. The summed E-state index contributed by atoms with van der Waals surface area (Å²) in [5.41, 5.74) is 7.02. The topological polar surface area (TPSA) is 46.3 Å². The molecule has 1 aliphatic heterocycles. The van der Waals surface area contributed by atoms with E-state index in [1.807, 2.05) is 0 Å². The molecule has 1 heterocycles. The molecule has 3 nitrogen and oxygen atoms in total. The van der Waals surface area contributed by atoms with Crippen molar-refractivity contribution in [1.29, 1.82) is 0 Å². The van der Waals surface area contributed by atoms with Gasteiger partial charge in [-0.15, -0.1) is 0 Å². The molecule has 0 saturated carbocycles. The maximum atomic E-state index is 13.5. The molecule has 2 N–H and O–H groups in total. The Morgan fingerprint density at radius 1 is 1.53 bits per heavy atom. The van der Waals surface area contributed by atoms with Crippen molar-refractivity contribution in [2.24, 2.45) is 11.7 Å². The molecular formula is C15H21FN2O. The molecule has 0 aromatic heterocycles. The minimum atomic E-state index is -0.327. The van der Waals surface area contributed by atoms with E-state index < -0.39 is 0 Å². The SMILES string of the molecule is CCC1CN(C(=O)c2ccc(C)c(F)c2)CCC1N. The fraction of sp³-hybridized carbons (Fsp3) is 0.533. The second-order valence-corrected chi connectivity index (χ2v) is 5.34. The predicted molar refractivity (Wildman–Crippen MR) is 73.4 cm³/mol. The van der Waals surface area contributed by atoms with Crippen molar-refractivity contribution >= 4 is 5.91 Å². The largest absolute Gasteiger partial charge is 0.338 e. The molecule has 2 rings (SSSR count). The Morgan fingerprint density at radius 3 is 2.89 bits per heavy atom. The molecular weight excluding hydrogens is 243 g/mol. The van der Waals surface area contributed by atoms with Crippen LogP contribution < -0.4 is 5.73 Å². The number of carbonyl (C=O) groups excluding carboxylic acids is 1. The van der Waals surface area contributed by atoms with Crippen molar-refractivity contribution in [2.75, 3.05) is 13.1 Å². The maximum Gasteiger partial charge on any atom is 0.253 e. The molecule has 104 valence electrons. The van der Waals surface area contributed by atoms with Gasteiger partial charge < -0.3 is 10.6 Å². The van der Waals surface area contributed by atoms with E-state index in [-0.39, 0.29) is 17.8 Å². The minimum absolute atomic E-state index is 0.0933. The number of carbonyl (C=O) groups is 1. The van der Waals surface area contributed by atoms with Gasteiger partial charge in [0.05, 0.1) is 0 Å². The average Bonchev–Trinajstić information content (AvgIpc) is 2.41. The van der Waals surface area contributed by atoms with Crippen LogP contribution in [0, 0.1) is 18.7 Å². The van der Waals surface area contributed by atoms with E-state index in [0.29, 0.717) is 30.1 Å². The van der Waals surface area contributed by atoms with E-state index >= 15 is 0 Å². The van der Waals surface area contributed by atoms with Crippen molar-refractivity contribution in [3.8, 4) is 0 Å². The number of hydrogen-bond donors (Lipinski definition) is 1. The van der Waals surface area contributed by atoms with E-state index in [0.717, 1.165) is 12.8 Å². The first-order valence-corrected chi connectivity index (χ1v) is 6.84. The molecule has 1 saturated heterocycles. The third kappa shape index (κ3) is 2.95. The lowest BCUT2D eigenvalue weighted by atomic mass is 9.90. The highest BCUT2D eigenvalue weighted by atomic mass is 19.1. The van der Waals surface area contributed by atoms with Crippen molar-refractivity contribution in [2.45, 2.75) is 32.7 Å². The molecule has 1 aromatic rings. The van der Waals surface area contributed by atoms with Crippen LogP contribution in [-0.4, -0.2) is 29.9 Å². The number of nitrogens with two attached hydrogens (primary N) is 1. The molecule has 2 atom stereocenters. The second kappa shape index (κ2) is 5.70. The molecule has 19 heavy (non-hydrogen) atoms. The molecule has 4 heteroatoms. The van der Waals surface area contributed by atoms with Gasteiger partial charge in [-0.3, -0.25) is 4.79 Å². The van der Waals surface area contributed by atoms with E-state index in [1.54, 1.807) is 24.0 Å². The minimum Gasteiger partial charge on any atom is -0.338 e. The lowest BCUT2D eigenvalue weighted by Crippen LogP contribution is -2.49. The highest BCUT2D eigenvalue weighted by Crippen LogP contribution is 2.21. The summed E-state index contributed by atoms with van der Waals surface area (Å²) >= 11 is 0. The van der Waals surface area contributed by atoms with Gasteiger partial charge in [-0.05, 0) is 37.0 Å². The molecule has 1 amide bonds. The van der Waals surface area contributed by atoms with Crippen molar-refractivity contribution in [3.63, 3.8) is 0 Å². The van der Waals surface area contributed by atoms with Crippen LogP contribution in [0.4, 0.5) is 4.39 Å². The van der Waals surface area contributed by atoms with Crippen molar-refractivity contribution in [1.82, 2.24) is 4.90 Å². The van der Waals surface area contributed by atoms with Crippen LogP contribution in [-0.2, 0) is 0 Å². The van der Waals surface area contributed by atoms with Gasteiger partial charge in [0.25, 0.3) is 5.91 Å². The van der Waals surface area contributed by atoms with E-state index in [1.165, 1.54) is 6.07 Å². The number of hydrogen-bond acceptors (Lipinski definition) is 2. The van der Waals surface area contributed by atoms with Crippen molar-refractivity contribution < 1.29 is 9.18 Å². The number of amides is 1. The summed E-state index contributed by atoms with van der Waals surface area (Å²) in [6, 6.07) is 4.84. The van der Waals surface area contributed by atoms with Crippen molar-refractivity contribution in [3.05, 3.63) is 35.1 Å². The Bertz CT molecular complexity index is 475. The molecule has 2 unspecified atom stereocenters. The predicted octanol–water partition coefficient (Wildman–Crippen LogP) is 2.33. The zero-order valence-electron chi connectivity index (χ0n) is 11.5. The third-order valence-electron chi connectivity index (χ3n) is 4.02. The molecule has 0 spiro atoms. The number of benzene rings is 1. The van der Waals surface area contributed by atoms with Gasteiger partial charge in [0.15, 0.2) is 0 Å². The zero-order chi connectivity index (χ0) is 14.0. The number of piperidine rings is 1. The van der Waals surface area contributed by atoms with Crippen LogP contribution >= 0.6 is 0 Å². The quantitative estimate of drug-likeness (QED) is 0.891. The number of halogens is 1. The molecule has 0 bridgehead atoms. The monoisotopic (exact) mass is 264 g/mol. The lowest BCUT2D eigenvalue weighted by molar-refractivity contribution is 0.0648. The van der Waals surface area contributed by atoms with E-state index in [2.05, 4.69) is 6.92 Å². The average molecular weight is 264 g/mol. The summed E-state index contributed by atoms with van der Waals surface area (Å²) in [7, 11) is 0. The van der Waals surface area contributed by atoms with Gasteiger partial charge >= 0.3 is 0 Å². The zero-order valence-corrected chi connectivity index (χ0v) is 11.5. The standard InChI is InChI=1S/C15H21FN2O/c1-3-11-9-18(7-6-14(11)17)15(19)12-5-4-10(2)13(16)8-12/h4-5,8,11,14H,3,6-7,9,17H2,1-2H3. The first-order valence-electron chi connectivity index (χ1n) is 6.84. The summed E-state index contributed by atoms with van der Waals surface area (Å²) in [5.74, 6) is -0.0798. The van der Waals surface area contributed by atoms with Gasteiger partial charge in [0.2, 0.25) is 0 Å². The van der Waals surface area contributed by atoms with Crippen LogP contribution in [0.1, 0.15) is 35.7 Å². The van der Waals surface area contributed by atoms with Gasteiger partial charge in [-0.25, -0.2) is 4.39 Å². The first kappa shape index (κ1) is 14.0. The first-order chi connectivity index (χ1) is 9.02. The van der Waals surface area contributed by atoms with Crippen LogP contribution in [0.3, 0.4) is 0 Å². The van der Waals surface area contributed by atoms with Gasteiger partial charge in [-0.2, -0.15) is 0 Å². The van der Waals surface area contributed by atoms with Gasteiger partial charge in [-0.1, -0.05) is 19.4 Å². The van der Waals surface area contributed by atoms with Crippen LogP contribution in [0.5, 0.6) is 0 Å². The Morgan fingerprint density at radius 2 is 2.26 bits per heavy atom. The summed E-state index contributed by atoms with van der Waals surface area (Å²) in [6.45, 7) is 5.11. The summed E-state index contributed by atoms with van der Waals surface area (Å²) < 4.78 is 13.5. The lowest BCUT2D eigenvalue weighted by Gasteiger charge is -2.36. The molecule has 1 aromatic carbocycles. The highest BCUT2D eigenvalue weighted by Gasteiger charge is 2.28. The Balaban J connectivity index is 2.13. The summed E-state index contributed by atoms with van der Waals surface area (Å²) in [5, 5.41) is 0. The highest BCUT2D eigenvalue weighted by molar-refractivity contribution is 5.94. The van der Waals surface area contributed by atoms with Crippen LogP contribution in [0.25, 0.3) is 0 Å².